The highest BCUT2D eigenvalue weighted by molar-refractivity contribution is 5.43. The van der Waals surface area contributed by atoms with Crippen molar-refractivity contribution < 1.29 is 9.47 Å². The van der Waals surface area contributed by atoms with Gasteiger partial charge < -0.3 is 20.1 Å². The van der Waals surface area contributed by atoms with Crippen LogP contribution in [0.1, 0.15) is 18.9 Å². The van der Waals surface area contributed by atoms with E-state index in [0.717, 1.165) is 44.1 Å². The molecule has 100 valence electrons. The van der Waals surface area contributed by atoms with Crippen molar-refractivity contribution in [1.82, 2.24) is 10.6 Å². The second-order valence-corrected chi connectivity index (χ2v) is 4.36. The first-order valence-corrected chi connectivity index (χ1v) is 6.70. The molecule has 0 fully saturated rings. The monoisotopic (exact) mass is 250 g/mol. The highest BCUT2D eigenvalue weighted by atomic mass is 16.6. The van der Waals surface area contributed by atoms with Crippen molar-refractivity contribution in [2.24, 2.45) is 0 Å². The zero-order valence-electron chi connectivity index (χ0n) is 11.0. The number of hydrogen-bond donors (Lipinski definition) is 2. The molecule has 0 aromatic heterocycles. The summed E-state index contributed by atoms with van der Waals surface area (Å²) in [4.78, 5) is 0. The lowest BCUT2D eigenvalue weighted by Crippen LogP contribution is -2.21. The average molecular weight is 250 g/mol. The van der Waals surface area contributed by atoms with Gasteiger partial charge >= 0.3 is 0 Å². The van der Waals surface area contributed by atoms with E-state index in [9.17, 15) is 0 Å². The van der Waals surface area contributed by atoms with E-state index >= 15 is 0 Å². The predicted molar refractivity (Wildman–Crippen MR) is 72.3 cm³/mol. The van der Waals surface area contributed by atoms with Crippen molar-refractivity contribution in [3.8, 4) is 11.5 Å². The summed E-state index contributed by atoms with van der Waals surface area (Å²) in [5.41, 5.74) is 1.24. The van der Waals surface area contributed by atoms with E-state index in [1.165, 1.54) is 5.56 Å². The van der Waals surface area contributed by atoms with Crippen molar-refractivity contribution in [2.45, 2.75) is 19.9 Å². The molecular formula is C14H22N2O2. The lowest BCUT2D eigenvalue weighted by Gasteiger charge is -2.19. The van der Waals surface area contributed by atoms with Crippen molar-refractivity contribution in [3.63, 3.8) is 0 Å². The fraction of sp³-hybridized carbons (Fsp3) is 0.571. The summed E-state index contributed by atoms with van der Waals surface area (Å²) in [6.07, 6.45) is 1.15. The molecule has 1 aromatic rings. The zero-order chi connectivity index (χ0) is 12.6. The van der Waals surface area contributed by atoms with Crippen LogP contribution in [-0.4, -0.2) is 32.8 Å². The van der Waals surface area contributed by atoms with E-state index in [4.69, 9.17) is 9.47 Å². The maximum atomic E-state index is 5.56. The molecule has 4 nitrogen and oxygen atoms in total. The molecule has 0 radical (unpaired) electrons. The van der Waals surface area contributed by atoms with Crippen LogP contribution in [-0.2, 0) is 6.54 Å². The van der Waals surface area contributed by atoms with Crippen molar-refractivity contribution in [3.05, 3.63) is 23.8 Å². The minimum Gasteiger partial charge on any atom is -0.486 e. The number of benzene rings is 1. The van der Waals surface area contributed by atoms with Crippen molar-refractivity contribution in [1.29, 1.82) is 0 Å². The molecule has 0 bridgehead atoms. The number of nitrogens with one attached hydrogen (secondary N) is 2. The molecule has 0 saturated carbocycles. The Morgan fingerprint density at radius 2 is 1.83 bits per heavy atom. The molecule has 0 spiro atoms. The Bertz CT molecular complexity index is 369. The molecule has 1 aliphatic heterocycles. The molecule has 0 atom stereocenters. The summed E-state index contributed by atoms with van der Waals surface area (Å²) in [6, 6.07) is 6.14. The first kappa shape index (κ1) is 13.2. The lowest BCUT2D eigenvalue weighted by molar-refractivity contribution is 0.171. The first-order chi connectivity index (χ1) is 8.90. The van der Waals surface area contributed by atoms with E-state index in [-0.39, 0.29) is 0 Å². The molecule has 1 aromatic carbocycles. The largest absolute Gasteiger partial charge is 0.486 e. The number of fused-ring (bicyclic) bond motifs is 1. The van der Waals surface area contributed by atoms with Gasteiger partial charge in [0.15, 0.2) is 11.5 Å². The quantitative estimate of drug-likeness (QED) is 0.721. The minimum atomic E-state index is 0.645. The van der Waals surface area contributed by atoms with E-state index in [2.05, 4.69) is 29.7 Å². The van der Waals surface area contributed by atoms with Gasteiger partial charge in [-0.2, -0.15) is 0 Å². The molecule has 4 heteroatoms. The van der Waals surface area contributed by atoms with Gasteiger partial charge in [-0.25, -0.2) is 0 Å². The van der Waals surface area contributed by atoms with Gasteiger partial charge in [0.2, 0.25) is 0 Å². The molecule has 0 saturated heterocycles. The molecule has 1 aliphatic rings. The Labute approximate surface area is 109 Å². The standard InChI is InChI=1S/C14H22N2O2/c1-2-15-6-3-7-16-11-12-4-5-13-14(10-12)18-9-8-17-13/h4-5,10,15-16H,2-3,6-9,11H2,1H3. The van der Waals surface area contributed by atoms with Crippen LogP contribution in [0, 0.1) is 0 Å². The summed E-state index contributed by atoms with van der Waals surface area (Å²) in [5.74, 6) is 1.73. The fourth-order valence-electron chi connectivity index (χ4n) is 1.95. The zero-order valence-corrected chi connectivity index (χ0v) is 11.0. The lowest BCUT2D eigenvalue weighted by atomic mass is 10.2. The van der Waals surface area contributed by atoms with Gasteiger partial charge in [-0.05, 0) is 43.8 Å². The summed E-state index contributed by atoms with van der Waals surface area (Å²) in [7, 11) is 0. The van der Waals surface area contributed by atoms with Crippen LogP contribution in [0.4, 0.5) is 0 Å². The van der Waals surface area contributed by atoms with E-state index in [1.807, 2.05) is 6.07 Å². The summed E-state index contributed by atoms with van der Waals surface area (Å²) in [6.45, 7) is 7.45. The third kappa shape index (κ3) is 3.89. The van der Waals surface area contributed by atoms with Gasteiger partial charge in [-0.15, -0.1) is 0 Å². The van der Waals surface area contributed by atoms with E-state index in [1.54, 1.807) is 0 Å². The Morgan fingerprint density at radius 3 is 2.67 bits per heavy atom. The Kier molecular flexibility index (Phi) is 5.30. The average Bonchev–Trinajstić information content (AvgIpc) is 2.42. The molecule has 0 amide bonds. The third-order valence-corrected chi connectivity index (χ3v) is 2.89. The summed E-state index contributed by atoms with van der Waals surface area (Å²) < 4.78 is 11.1. The molecule has 2 rings (SSSR count). The van der Waals surface area contributed by atoms with Gasteiger partial charge in [0.05, 0.1) is 0 Å². The minimum absolute atomic E-state index is 0.645. The normalized spacial score (nSPS) is 13.6. The number of rotatable bonds is 7. The van der Waals surface area contributed by atoms with Crippen LogP contribution in [0.25, 0.3) is 0 Å². The second-order valence-electron chi connectivity index (χ2n) is 4.36. The molecule has 1 heterocycles. The van der Waals surface area contributed by atoms with Crippen molar-refractivity contribution >= 4 is 0 Å². The van der Waals surface area contributed by atoms with Crippen LogP contribution >= 0.6 is 0 Å². The Balaban J connectivity index is 1.72. The second kappa shape index (κ2) is 7.24. The van der Waals surface area contributed by atoms with Crippen molar-refractivity contribution in [2.75, 3.05) is 32.8 Å². The fourth-order valence-corrected chi connectivity index (χ4v) is 1.95. The Morgan fingerprint density at radius 1 is 1.06 bits per heavy atom. The van der Waals surface area contributed by atoms with Gasteiger partial charge in [0.1, 0.15) is 13.2 Å². The molecule has 0 aliphatic carbocycles. The van der Waals surface area contributed by atoms with Crippen LogP contribution < -0.4 is 20.1 Å². The third-order valence-electron chi connectivity index (χ3n) is 2.89. The predicted octanol–water partition coefficient (Wildman–Crippen LogP) is 1.55. The maximum absolute atomic E-state index is 5.56. The highest BCUT2D eigenvalue weighted by Crippen LogP contribution is 2.30. The SMILES string of the molecule is CCNCCCNCc1ccc2c(c1)OCCO2. The van der Waals surface area contributed by atoms with Crippen LogP contribution in [0.15, 0.2) is 18.2 Å². The summed E-state index contributed by atoms with van der Waals surface area (Å²) >= 11 is 0. The van der Waals surface area contributed by atoms with Gasteiger partial charge in [0, 0.05) is 6.54 Å². The van der Waals surface area contributed by atoms with Gasteiger partial charge in [-0.1, -0.05) is 13.0 Å². The number of hydrogen-bond acceptors (Lipinski definition) is 4. The highest BCUT2D eigenvalue weighted by Gasteiger charge is 2.11. The maximum Gasteiger partial charge on any atom is 0.161 e. The first-order valence-electron chi connectivity index (χ1n) is 6.70. The van der Waals surface area contributed by atoms with Crippen LogP contribution in [0.5, 0.6) is 11.5 Å². The molecule has 2 N–H and O–H groups in total. The van der Waals surface area contributed by atoms with E-state index in [0.29, 0.717) is 13.2 Å². The van der Waals surface area contributed by atoms with E-state index < -0.39 is 0 Å². The van der Waals surface area contributed by atoms with Crippen LogP contribution in [0.2, 0.25) is 0 Å². The smallest absolute Gasteiger partial charge is 0.161 e. The van der Waals surface area contributed by atoms with Gasteiger partial charge in [-0.3, -0.25) is 0 Å². The van der Waals surface area contributed by atoms with Gasteiger partial charge in [0.25, 0.3) is 0 Å². The number of ether oxygens (including phenoxy) is 2. The Hall–Kier alpha value is -1.26. The molecule has 0 unspecified atom stereocenters. The molecule has 18 heavy (non-hydrogen) atoms. The topological polar surface area (TPSA) is 42.5 Å². The van der Waals surface area contributed by atoms with Crippen LogP contribution in [0.3, 0.4) is 0 Å². The summed E-state index contributed by atoms with van der Waals surface area (Å²) in [5, 5.41) is 6.74. The molecular weight excluding hydrogens is 228 g/mol.